The molecule has 0 bridgehead atoms. The molecule has 1 aliphatic carbocycles. The predicted molar refractivity (Wildman–Crippen MR) is 95.1 cm³/mol. The molecular weight excluding hydrogens is 355 g/mol. The van der Waals surface area contributed by atoms with Gasteiger partial charge in [-0.2, -0.15) is 0 Å². The van der Waals surface area contributed by atoms with Crippen LogP contribution < -0.4 is 9.47 Å². The molecule has 7 nitrogen and oxygen atoms in total. The first-order chi connectivity index (χ1) is 13.0. The fourth-order valence-corrected chi connectivity index (χ4v) is 2.68. The van der Waals surface area contributed by atoms with E-state index < -0.39 is 10.7 Å². The second-order valence-corrected chi connectivity index (χ2v) is 6.26. The van der Waals surface area contributed by atoms with Crippen molar-refractivity contribution in [3.63, 3.8) is 0 Å². The number of nitrogens with zero attached hydrogens (tertiary/aromatic N) is 2. The van der Waals surface area contributed by atoms with Crippen molar-refractivity contribution in [2.24, 2.45) is 0 Å². The molecule has 0 saturated heterocycles. The average Bonchev–Trinajstić information content (AvgIpc) is 3.50. The summed E-state index contributed by atoms with van der Waals surface area (Å²) in [5, 5.41) is 10.6. The maximum atomic E-state index is 13.9. The fourth-order valence-electron chi connectivity index (χ4n) is 2.68. The number of hydrogen-bond donors (Lipinski definition) is 0. The van der Waals surface area contributed by atoms with Crippen molar-refractivity contribution in [1.29, 1.82) is 0 Å². The summed E-state index contributed by atoms with van der Waals surface area (Å²) in [5.74, 6) is -0.578. The number of benzene rings is 2. The number of nitro benzene ring substituents is 1. The van der Waals surface area contributed by atoms with Gasteiger partial charge in [-0.25, -0.2) is 4.39 Å². The van der Waals surface area contributed by atoms with Gasteiger partial charge in [-0.15, -0.1) is 0 Å². The molecule has 3 rings (SSSR count). The van der Waals surface area contributed by atoms with Crippen molar-refractivity contribution >= 4 is 11.6 Å². The number of nitro groups is 1. The second kappa shape index (κ2) is 8.03. The highest BCUT2D eigenvalue weighted by Crippen LogP contribution is 2.29. The van der Waals surface area contributed by atoms with Gasteiger partial charge >= 0.3 is 0 Å². The Bertz CT molecular complexity index is 836. The number of halogens is 1. The van der Waals surface area contributed by atoms with Crippen LogP contribution in [0.1, 0.15) is 18.4 Å². The first-order valence-electron chi connectivity index (χ1n) is 8.47. The van der Waals surface area contributed by atoms with E-state index in [1.54, 1.807) is 12.0 Å². The predicted octanol–water partition coefficient (Wildman–Crippen LogP) is 3.31. The Morgan fingerprint density at radius 3 is 2.52 bits per heavy atom. The lowest BCUT2D eigenvalue weighted by Crippen LogP contribution is -2.36. The first kappa shape index (κ1) is 18.6. The van der Waals surface area contributed by atoms with Crippen LogP contribution in [-0.2, 0) is 11.3 Å². The maximum absolute atomic E-state index is 13.9. The second-order valence-electron chi connectivity index (χ2n) is 6.26. The van der Waals surface area contributed by atoms with Gasteiger partial charge in [-0.05, 0) is 36.6 Å². The molecule has 27 heavy (non-hydrogen) atoms. The number of carbonyl (C=O) groups excluding carboxylic acids is 1. The zero-order valence-electron chi connectivity index (χ0n) is 14.8. The first-order valence-corrected chi connectivity index (χ1v) is 8.47. The van der Waals surface area contributed by atoms with E-state index in [1.165, 1.54) is 0 Å². The smallest absolute Gasteiger partial charge is 0.272 e. The molecule has 2 aromatic rings. The van der Waals surface area contributed by atoms with Crippen LogP contribution in [0.15, 0.2) is 42.5 Å². The van der Waals surface area contributed by atoms with Gasteiger partial charge in [0.15, 0.2) is 18.2 Å². The Morgan fingerprint density at radius 1 is 1.26 bits per heavy atom. The van der Waals surface area contributed by atoms with Gasteiger partial charge in [-0.3, -0.25) is 14.9 Å². The van der Waals surface area contributed by atoms with Gasteiger partial charge < -0.3 is 14.4 Å². The summed E-state index contributed by atoms with van der Waals surface area (Å²) in [6, 6.07) is 10.7. The Kier molecular flexibility index (Phi) is 5.54. The molecule has 0 spiro atoms. The van der Waals surface area contributed by atoms with E-state index in [1.807, 2.05) is 24.3 Å². The Balaban J connectivity index is 1.63. The van der Waals surface area contributed by atoms with E-state index in [4.69, 9.17) is 9.47 Å². The number of amides is 1. The molecule has 0 unspecified atom stereocenters. The molecule has 142 valence electrons. The van der Waals surface area contributed by atoms with Crippen LogP contribution in [0.25, 0.3) is 0 Å². The highest BCUT2D eigenvalue weighted by atomic mass is 19.1. The van der Waals surface area contributed by atoms with E-state index >= 15 is 0 Å². The number of carbonyl (C=O) groups is 1. The van der Waals surface area contributed by atoms with Gasteiger partial charge in [0.1, 0.15) is 5.75 Å². The molecular formula is C19H19FN2O5. The molecule has 1 aliphatic rings. The molecule has 0 N–H and O–H groups in total. The minimum absolute atomic E-state index is 0.157. The Morgan fingerprint density at radius 2 is 1.96 bits per heavy atom. The normalized spacial score (nSPS) is 13.1. The number of rotatable bonds is 8. The molecule has 0 aromatic heterocycles. The van der Waals surface area contributed by atoms with Gasteiger partial charge in [0.05, 0.1) is 18.1 Å². The maximum Gasteiger partial charge on any atom is 0.272 e. The van der Waals surface area contributed by atoms with E-state index in [9.17, 15) is 19.3 Å². The van der Waals surface area contributed by atoms with E-state index in [0.717, 1.165) is 42.4 Å². The molecule has 0 heterocycles. The van der Waals surface area contributed by atoms with Crippen LogP contribution in [0.5, 0.6) is 11.5 Å². The number of ether oxygens (including phenoxy) is 2. The highest BCUT2D eigenvalue weighted by Gasteiger charge is 2.32. The third-order valence-electron chi connectivity index (χ3n) is 4.30. The zero-order chi connectivity index (χ0) is 19.4. The third kappa shape index (κ3) is 4.72. The van der Waals surface area contributed by atoms with Gasteiger partial charge in [0, 0.05) is 18.7 Å². The van der Waals surface area contributed by atoms with Crippen LogP contribution in [-0.4, -0.2) is 35.5 Å². The topological polar surface area (TPSA) is 81.9 Å². The summed E-state index contributed by atoms with van der Waals surface area (Å²) < 4.78 is 24.3. The minimum Gasteiger partial charge on any atom is -0.497 e. The summed E-state index contributed by atoms with van der Waals surface area (Å²) in [6.07, 6.45) is 1.85. The monoisotopic (exact) mass is 374 g/mol. The van der Waals surface area contributed by atoms with E-state index in [-0.39, 0.29) is 30.0 Å². The van der Waals surface area contributed by atoms with Gasteiger partial charge in [-0.1, -0.05) is 12.1 Å². The van der Waals surface area contributed by atoms with Crippen LogP contribution >= 0.6 is 0 Å². The van der Waals surface area contributed by atoms with Crippen LogP contribution in [0.3, 0.4) is 0 Å². The summed E-state index contributed by atoms with van der Waals surface area (Å²) in [7, 11) is 1.59. The van der Waals surface area contributed by atoms with Crippen LogP contribution in [0.2, 0.25) is 0 Å². The molecule has 1 fully saturated rings. The SMILES string of the molecule is COc1ccc(CN(C(=O)COc2ccc([N+](=O)[O-])cc2F)C2CC2)cc1. The lowest BCUT2D eigenvalue weighted by atomic mass is 10.2. The number of hydrogen-bond acceptors (Lipinski definition) is 5. The summed E-state index contributed by atoms with van der Waals surface area (Å²) >= 11 is 0. The standard InChI is InChI=1S/C19H19FN2O5/c1-26-16-7-2-13(3-8-16)11-21(14-4-5-14)19(23)12-27-18-9-6-15(22(24)25)10-17(18)20/h2-3,6-10,14H,4-5,11-12H2,1H3. The van der Waals surface area contributed by atoms with E-state index in [0.29, 0.717) is 6.54 Å². The van der Waals surface area contributed by atoms with Crippen LogP contribution in [0, 0.1) is 15.9 Å². The highest BCUT2D eigenvalue weighted by molar-refractivity contribution is 5.78. The lowest BCUT2D eigenvalue weighted by molar-refractivity contribution is -0.385. The number of non-ortho nitro benzene ring substituents is 1. The lowest BCUT2D eigenvalue weighted by Gasteiger charge is -2.23. The minimum atomic E-state index is -0.870. The molecule has 2 aromatic carbocycles. The average molecular weight is 374 g/mol. The molecule has 0 radical (unpaired) electrons. The fraction of sp³-hybridized carbons (Fsp3) is 0.316. The molecule has 0 atom stereocenters. The van der Waals surface area contributed by atoms with Gasteiger partial charge in [0.25, 0.3) is 11.6 Å². The molecule has 8 heteroatoms. The van der Waals surface area contributed by atoms with Crippen molar-refractivity contribution in [3.05, 3.63) is 64.0 Å². The number of methoxy groups -OCH3 is 1. The summed E-state index contributed by atoms with van der Waals surface area (Å²) in [4.78, 5) is 24.2. The van der Waals surface area contributed by atoms with Crippen LogP contribution in [0.4, 0.5) is 10.1 Å². The van der Waals surface area contributed by atoms with Crippen molar-refractivity contribution in [2.45, 2.75) is 25.4 Å². The Labute approximate surface area is 155 Å². The zero-order valence-corrected chi connectivity index (χ0v) is 14.8. The summed E-state index contributed by atoms with van der Waals surface area (Å²) in [5.41, 5.74) is 0.586. The quantitative estimate of drug-likeness (QED) is 0.523. The van der Waals surface area contributed by atoms with Crippen molar-refractivity contribution in [3.8, 4) is 11.5 Å². The molecule has 1 saturated carbocycles. The Hall–Kier alpha value is -3.16. The molecule has 0 aliphatic heterocycles. The molecule has 1 amide bonds. The van der Waals surface area contributed by atoms with Crippen molar-refractivity contribution < 1.29 is 23.6 Å². The van der Waals surface area contributed by atoms with Crippen molar-refractivity contribution in [1.82, 2.24) is 4.90 Å². The van der Waals surface area contributed by atoms with E-state index in [2.05, 4.69) is 0 Å². The van der Waals surface area contributed by atoms with Gasteiger partial charge in [0.2, 0.25) is 0 Å². The van der Waals surface area contributed by atoms with Crippen molar-refractivity contribution in [2.75, 3.05) is 13.7 Å². The third-order valence-corrected chi connectivity index (χ3v) is 4.30. The summed E-state index contributed by atoms with van der Waals surface area (Å²) in [6.45, 7) is 0.0982. The largest absolute Gasteiger partial charge is 0.497 e.